The van der Waals surface area contributed by atoms with Crippen molar-refractivity contribution in [2.75, 3.05) is 26.3 Å². The molecule has 18 heavy (non-hydrogen) atoms. The third-order valence-corrected chi connectivity index (χ3v) is 3.32. The molecule has 0 spiro atoms. The SMILES string of the molecule is CCN(CCCO)C(=O)c1sccc1C#CCO. The quantitative estimate of drug-likeness (QED) is 0.780. The maximum Gasteiger partial charge on any atom is 0.265 e. The average Bonchev–Trinajstić information content (AvgIpc) is 2.85. The topological polar surface area (TPSA) is 60.8 Å². The summed E-state index contributed by atoms with van der Waals surface area (Å²) in [6.07, 6.45) is 0.572. The van der Waals surface area contributed by atoms with Crippen LogP contribution < -0.4 is 0 Å². The van der Waals surface area contributed by atoms with Crippen LogP contribution in [0.1, 0.15) is 28.6 Å². The van der Waals surface area contributed by atoms with E-state index in [0.717, 1.165) is 0 Å². The van der Waals surface area contributed by atoms with Crippen LogP contribution in [-0.4, -0.2) is 47.3 Å². The molecule has 1 heterocycles. The van der Waals surface area contributed by atoms with Gasteiger partial charge in [0, 0.05) is 25.3 Å². The van der Waals surface area contributed by atoms with Crippen LogP contribution in [-0.2, 0) is 0 Å². The molecule has 0 aromatic carbocycles. The lowest BCUT2D eigenvalue weighted by Gasteiger charge is -2.19. The minimum absolute atomic E-state index is 0.0665. The zero-order valence-corrected chi connectivity index (χ0v) is 11.2. The lowest BCUT2D eigenvalue weighted by molar-refractivity contribution is 0.0759. The molecule has 0 aliphatic carbocycles. The number of hydrogen-bond donors (Lipinski definition) is 2. The van der Waals surface area contributed by atoms with E-state index in [1.54, 1.807) is 11.0 Å². The largest absolute Gasteiger partial charge is 0.396 e. The van der Waals surface area contributed by atoms with Gasteiger partial charge in [0.2, 0.25) is 0 Å². The second kappa shape index (κ2) is 7.88. The molecule has 1 aromatic heterocycles. The lowest BCUT2D eigenvalue weighted by atomic mass is 10.2. The Bertz CT molecular complexity index is 445. The van der Waals surface area contributed by atoms with Gasteiger partial charge in [0.1, 0.15) is 11.5 Å². The van der Waals surface area contributed by atoms with Crippen molar-refractivity contribution in [3.63, 3.8) is 0 Å². The molecule has 0 unspecified atom stereocenters. The monoisotopic (exact) mass is 267 g/mol. The van der Waals surface area contributed by atoms with Crippen LogP contribution in [0.3, 0.4) is 0 Å². The van der Waals surface area contributed by atoms with E-state index < -0.39 is 0 Å². The molecule has 1 aromatic rings. The maximum absolute atomic E-state index is 12.3. The Morgan fingerprint density at radius 2 is 2.28 bits per heavy atom. The predicted octanol–water partition coefficient (Wildman–Crippen LogP) is 0.936. The van der Waals surface area contributed by atoms with Crippen molar-refractivity contribution in [3.8, 4) is 11.8 Å². The average molecular weight is 267 g/mol. The highest BCUT2D eigenvalue weighted by atomic mass is 32.1. The number of rotatable bonds is 5. The summed E-state index contributed by atoms with van der Waals surface area (Å²) in [5.41, 5.74) is 0.654. The van der Waals surface area contributed by atoms with E-state index in [4.69, 9.17) is 10.2 Å². The van der Waals surface area contributed by atoms with Gasteiger partial charge in [-0.3, -0.25) is 4.79 Å². The Kier molecular flexibility index (Phi) is 6.44. The van der Waals surface area contributed by atoms with E-state index in [2.05, 4.69) is 11.8 Å². The molecule has 98 valence electrons. The Morgan fingerprint density at radius 3 is 2.89 bits per heavy atom. The predicted molar refractivity (Wildman–Crippen MR) is 71.6 cm³/mol. The van der Waals surface area contributed by atoms with E-state index in [-0.39, 0.29) is 19.1 Å². The van der Waals surface area contributed by atoms with E-state index in [1.165, 1.54) is 11.3 Å². The molecule has 0 bridgehead atoms. The fourth-order valence-corrected chi connectivity index (χ4v) is 2.33. The van der Waals surface area contributed by atoms with E-state index >= 15 is 0 Å². The number of amides is 1. The fraction of sp³-hybridized carbons (Fsp3) is 0.462. The molecule has 0 radical (unpaired) electrons. The summed E-state index contributed by atoms with van der Waals surface area (Å²) in [7, 11) is 0. The molecule has 0 atom stereocenters. The summed E-state index contributed by atoms with van der Waals surface area (Å²) >= 11 is 1.35. The smallest absolute Gasteiger partial charge is 0.265 e. The first-order valence-corrected chi connectivity index (χ1v) is 6.69. The van der Waals surface area contributed by atoms with Crippen LogP contribution in [0.15, 0.2) is 11.4 Å². The minimum atomic E-state index is -0.217. The first-order chi connectivity index (χ1) is 8.74. The number of aliphatic hydroxyl groups is 2. The summed E-state index contributed by atoms with van der Waals surface area (Å²) in [6.45, 7) is 2.90. The molecule has 5 heteroatoms. The van der Waals surface area contributed by atoms with Gasteiger partial charge in [0.05, 0.1) is 0 Å². The number of aliphatic hydroxyl groups excluding tert-OH is 2. The summed E-state index contributed by atoms with van der Waals surface area (Å²) in [4.78, 5) is 14.5. The van der Waals surface area contributed by atoms with Crippen LogP contribution in [0.4, 0.5) is 0 Å². The van der Waals surface area contributed by atoms with Gasteiger partial charge in [0.25, 0.3) is 5.91 Å². The molecule has 0 saturated carbocycles. The second-order valence-corrected chi connectivity index (χ2v) is 4.50. The van der Waals surface area contributed by atoms with Crippen molar-refractivity contribution in [2.24, 2.45) is 0 Å². The Hall–Kier alpha value is -1.35. The first kappa shape index (κ1) is 14.7. The van der Waals surface area contributed by atoms with Gasteiger partial charge in [-0.05, 0) is 24.8 Å². The van der Waals surface area contributed by atoms with E-state index in [9.17, 15) is 4.79 Å². The maximum atomic E-state index is 12.3. The second-order valence-electron chi connectivity index (χ2n) is 3.59. The summed E-state index contributed by atoms with van der Waals surface area (Å²) < 4.78 is 0. The van der Waals surface area contributed by atoms with Gasteiger partial charge in [0.15, 0.2) is 0 Å². The molecule has 0 aliphatic heterocycles. The number of nitrogens with zero attached hydrogens (tertiary/aromatic N) is 1. The van der Waals surface area contributed by atoms with E-state index in [1.807, 2.05) is 12.3 Å². The van der Waals surface area contributed by atoms with Crippen molar-refractivity contribution < 1.29 is 15.0 Å². The number of carbonyl (C=O) groups is 1. The molecule has 0 fully saturated rings. The van der Waals surface area contributed by atoms with Crippen LogP contribution >= 0.6 is 11.3 Å². The van der Waals surface area contributed by atoms with E-state index in [0.29, 0.717) is 30.0 Å². The van der Waals surface area contributed by atoms with Crippen molar-refractivity contribution >= 4 is 17.2 Å². The van der Waals surface area contributed by atoms with Gasteiger partial charge in [-0.15, -0.1) is 11.3 Å². The first-order valence-electron chi connectivity index (χ1n) is 5.82. The highest BCUT2D eigenvalue weighted by Crippen LogP contribution is 2.18. The van der Waals surface area contributed by atoms with Gasteiger partial charge >= 0.3 is 0 Å². The summed E-state index contributed by atoms with van der Waals surface area (Å²) in [5, 5.41) is 19.3. The van der Waals surface area contributed by atoms with Gasteiger partial charge in [-0.25, -0.2) is 0 Å². The third kappa shape index (κ3) is 3.84. The summed E-state index contributed by atoms with van der Waals surface area (Å²) in [6, 6.07) is 1.78. The molecule has 0 aliphatic rings. The Labute approximate surface area is 111 Å². The standard InChI is InChI=1S/C13H17NO3S/c1-2-14(7-4-9-16)13(17)12-11(5-3-8-15)6-10-18-12/h6,10,15-16H,2,4,7-9H2,1H3. The zero-order valence-electron chi connectivity index (χ0n) is 10.3. The molecular formula is C13H17NO3S. The fourth-order valence-electron chi connectivity index (χ4n) is 1.52. The van der Waals surface area contributed by atoms with Crippen molar-refractivity contribution in [3.05, 3.63) is 21.9 Å². The van der Waals surface area contributed by atoms with Crippen molar-refractivity contribution in [1.82, 2.24) is 4.90 Å². The highest BCUT2D eigenvalue weighted by Gasteiger charge is 2.17. The Balaban J connectivity index is 2.84. The normalized spacial score (nSPS) is 9.72. The van der Waals surface area contributed by atoms with Crippen LogP contribution in [0, 0.1) is 11.8 Å². The molecule has 1 amide bonds. The van der Waals surface area contributed by atoms with Crippen LogP contribution in [0.2, 0.25) is 0 Å². The molecule has 1 rings (SSSR count). The number of thiophene rings is 1. The molecule has 0 saturated heterocycles. The third-order valence-electron chi connectivity index (χ3n) is 2.42. The summed E-state index contributed by atoms with van der Waals surface area (Å²) in [5.74, 6) is 5.25. The van der Waals surface area contributed by atoms with Crippen molar-refractivity contribution in [2.45, 2.75) is 13.3 Å². The number of hydrogen-bond acceptors (Lipinski definition) is 4. The van der Waals surface area contributed by atoms with Gasteiger partial charge < -0.3 is 15.1 Å². The zero-order chi connectivity index (χ0) is 13.4. The van der Waals surface area contributed by atoms with Gasteiger partial charge in [-0.1, -0.05) is 11.8 Å². The van der Waals surface area contributed by atoms with Crippen LogP contribution in [0.25, 0.3) is 0 Å². The van der Waals surface area contributed by atoms with Gasteiger partial charge in [-0.2, -0.15) is 0 Å². The minimum Gasteiger partial charge on any atom is -0.396 e. The molecular weight excluding hydrogens is 250 g/mol. The Morgan fingerprint density at radius 1 is 1.50 bits per heavy atom. The lowest BCUT2D eigenvalue weighted by Crippen LogP contribution is -2.32. The van der Waals surface area contributed by atoms with Crippen LogP contribution in [0.5, 0.6) is 0 Å². The molecule has 4 nitrogen and oxygen atoms in total. The highest BCUT2D eigenvalue weighted by molar-refractivity contribution is 7.12. The van der Waals surface area contributed by atoms with Crippen molar-refractivity contribution in [1.29, 1.82) is 0 Å². The number of carbonyl (C=O) groups excluding carboxylic acids is 1. The molecule has 2 N–H and O–H groups in total.